The minimum Gasteiger partial charge on any atom is -0.480 e. The molecule has 1 aliphatic heterocycles. The maximum Gasteiger partial charge on any atom is 0.332 e. The number of nitrogens with two attached hydrogens (primary N) is 1. The number of aliphatic carboxylic acids is 2. The summed E-state index contributed by atoms with van der Waals surface area (Å²) in [5.41, 5.74) is 6.17. The fraction of sp³-hybridized carbons (Fsp3) is 0.800. The van der Waals surface area contributed by atoms with Crippen molar-refractivity contribution >= 4 is 23.8 Å². The van der Waals surface area contributed by atoms with Gasteiger partial charge < -0.3 is 45.9 Å². The second-order valence-corrected chi connectivity index (χ2v) is 8.21. The molecule has 1 heterocycles. The Morgan fingerprint density at radius 3 is 2.15 bits per heavy atom. The van der Waals surface area contributed by atoms with E-state index in [1.54, 1.807) is 13.8 Å². The van der Waals surface area contributed by atoms with Gasteiger partial charge in [0, 0.05) is 6.92 Å². The molecule has 1 rings (SSSR count). The number of aliphatic hydroxyl groups excluding tert-OH is 2. The molecule has 13 heteroatoms. The second kappa shape index (κ2) is 12.2. The molecule has 1 fully saturated rings. The van der Waals surface area contributed by atoms with Crippen LogP contribution in [0.1, 0.15) is 41.0 Å². The SMILES string of the molecule is CC[C@@H](C)[C@@H](NC(=O)[C@H](C)N(C(C)=O)C1O[C@H](CO)[C@@H](O)[C@H](O[C@H](C)C(=O)O)[C@H]1N)C(=O)O. The molecule has 0 bridgehead atoms. The fourth-order valence-electron chi connectivity index (χ4n) is 3.57. The normalized spacial score (nSPS) is 28.8. The summed E-state index contributed by atoms with van der Waals surface area (Å²) in [4.78, 5) is 49.1. The molecule has 0 aromatic heterocycles. The zero-order chi connectivity index (χ0) is 25.6. The van der Waals surface area contributed by atoms with Crippen LogP contribution in [0.2, 0.25) is 0 Å². The molecule has 9 atom stereocenters. The Labute approximate surface area is 191 Å². The number of carboxylic acid groups (broad SMARTS) is 2. The van der Waals surface area contributed by atoms with Crippen molar-refractivity contribution in [2.24, 2.45) is 11.7 Å². The van der Waals surface area contributed by atoms with Gasteiger partial charge in [-0.2, -0.15) is 0 Å². The molecule has 1 saturated heterocycles. The van der Waals surface area contributed by atoms with E-state index in [-0.39, 0.29) is 5.92 Å². The van der Waals surface area contributed by atoms with Gasteiger partial charge in [0.2, 0.25) is 11.8 Å². The van der Waals surface area contributed by atoms with Gasteiger partial charge in [-0.1, -0.05) is 20.3 Å². The maximum absolute atomic E-state index is 12.9. The van der Waals surface area contributed by atoms with Crippen LogP contribution in [-0.2, 0) is 28.7 Å². The van der Waals surface area contributed by atoms with Crippen molar-refractivity contribution in [3.05, 3.63) is 0 Å². The fourth-order valence-corrected chi connectivity index (χ4v) is 3.57. The summed E-state index contributed by atoms with van der Waals surface area (Å²) >= 11 is 0. The van der Waals surface area contributed by atoms with E-state index >= 15 is 0 Å². The molecule has 0 aliphatic carbocycles. The van der Waals surface area contributed by atoms with E-state index in [2.05, 4.69) is 5.32 Å². The lowest BCUT2D eigenvalue weighted by atomic mass is 9.94. The monoisotopic (exact) mass is 477 g/mol. The van der Waals surface area contributed by atoms with Gasteiger partial charge in [0.1, 0.15) is 30.4 Å². The number of carbonyl (C=O) groups excluding carboxylic acids is 2. The predicted octanol–water partition coefficient (Wildman–Crippen LogP) is -1.90. The maximum atomic E-state index is 12.9. The van der Waals surface area contributed by atoms with Gasteiger partial charge in [-0.05, 0) is 19.8 Å². The Morgan fingerprint density at radius 1 is 1.15 bits per heavy atom. The Kier molecular flexibility index (Phi) is 10.6. The Morgan fingerprint density at radius 2 is 1.73 bits per heavy atom. The van der Waals surface area contributed by atoms with Crippen LogP contribution in [0.4, 0.5) is 0 Å². The lowest BCUT2D eigenvalue weighted by Gasteiger charge is -2.48. The lowest BCUT2D eigenvalue weighted by Crippen LogP contribution is -2.70. The van der Waals surface area contributed by atoms with Gasteiger partial charge in [0.05, 0.1) is 12.6 Å². The van der Waals surface area contributed by atoms with E-state index in [0.717, 1.165) is 11.8 Å². The minimum absolute atomic E-state index is 0.387. The Hall–Kier alpha value is -2.32. The highest BCUT2D eigenvalue weighted by Gasteiger charge is 2.49. The third kappa shape index (κ3) is 6.84. The minimum atomic E-state index is -1.51. The van der Waals surface area contributed by atoms with Crippen LogP contribution in [0.15, 0.2) is 0 Å². The second-order valence-electron chi connectivity index (χ2n) is 8.21. The Bertz CT molecular complexity index is 720. The third-order valence-electron chi connectivity index (χ3n) is 5.84. The molecular formula is C20H35N3O10. The van der Waals surface area contributed by atoms with E-state index in [9.17, 15) is 34.5 Å². The number of carboxylic acids is 2. The number of amides is 2. The molecule has 1 aliphatic rings. The molecule has 0 aromatic carbocycles. The molecule has 1 unspecified atom stereocenters. The topological polar surface area (TPSA) is 209 Å². The van der Waals surface area contributed by atoms with E-state index in [4.69, 9.17) is 20.3 Å². The largest absolute Gasteiger partial charge is 0.480 e. The molecule has 0 aromatic rings. The Balaban J connectivity index is 3.23. The van der Waals surface area contributed by atoms with Gasteiger partial charge in [-0.3, -0.25) is 9.59 Å². The molecule has 190 valence electrons. The summed E-state index contributed by atoms with van der Waals surface area (Å²) in [6.45, 7) is 6.43. The van der Waals surface area contributed by atoms with Crippen LogP contribution in [0, 0.1) is 5.92 Å². The molecule has 33 heavy (non-hydrogen) atoms. The number of aliphatic hydroxyl groups is 2. The highest BCUT2D eigenvalue weighted by Crippen LogP contribution is 2.27. The van der Waals surface area contributed by atoms with Crippen LogP contribution in [0.25, 0.3) is 0 Å². The first kappa shape index (κ1) is 28.7. The standard InChI is InChI=1S/C20H35N3O10/c1-6-8(2)14(20(30)31)22-17(27)9(3)23(11(5)25)18-13(21)16(32-10(4)19(28)29)15(26)12(7-24)33-18/h8-10,12-16,18,24,26H,6-7,21H2,1-5H3,(H,22,27)(H,28,29)(H,30,31)/t8-,9+,10-,12-,13-,14-,15-,16-,18?/m1/s1. The number of ether oxygens (including phenoxy) is 2. The smallest absolute Gasteiger partial charge is 0.332 e. The van der Waals surface area contributed by atoms with Crippen molar-refractivity contribution in [3.8, 4) is 0 Å². The zero-order valence-corrected chi connectivity index (χ0v) is 19.4. The van der Waals surface area contributed by atoms with Crippen molar-refractivity contribution in [1.82, 2.24) is 10.2 Å². The molecule has 0 spiro atoms. The summed E-state index contributed by atoms with van der Waals surface area (Å²) < 4.78 is 11.0. The van der Waals surface area contributed by atoms with E-state index in [0.29, 0.717) is 6.42 Å². The van der Waals surface area contributed by atoms with Gasteiger partial charge in [0.15, 0.2) is 12.3 Å². The predicted molar refractivity (Wildman–Crippen MR) is 113 cm³/mol. The molecule has 7 N–H and O–H groups in total. The van der Waals surface area contributed by atoms with E-state index < -0.39 is 79.1 Å². The number of carbonyl (C=O) groups is 4. The number of hydrogen-bond donors (Lipinski definition) is 6. The van der Waals surface area contributed by atoms with Crippen molar-refractivity contribution in [2.75, 3.05) is 6.61 Å². The molecule has 13 nitrogen and oxygen atoms in total. The summed E-state index contributed by atoms with van der Waals surface area (Å²) in [7, 11) is 0. The van der Waals surface area contributed by atoms with Crippen molar-refractivity contribution in [2.45, 2.75) is 89.8 Å². The van der Waals surface area contributed by atoms with Crippen LogP contribution in [0.5, 0.6) is 0 Å². The molecule has 0 saturated carbocycles. The van der Waals surface area contributed by atoms with Gasteiger partial charge >= 0.3 is 11.9 Å². The first-order valence-corrected chi connectivity index (χ1v) is 10.7. The highest BCUT2D eigenvalue weighted by molar-refractivity contribution is 5.90. The average molecular weight is 478 g/mol. The van der Waals surface area contributed by atoms with Crippen molar-refractivity contribution in [3.63, 3.8) is 0 Å². The number of hydrogen-bond acceptors (Lipinski definition) is 9. The van der Waals surface area contributed by atoms with Crippen molar-refractivity contribution < 1.29 is 49.1 Å². The molecule has 0 radical (unpaired) electrons. The summed E-state index contributed by atoms with van der Waals surface area (Å²) in [6, 6.07) is -3.75. The van der Waals surface area contributed by atoms with Crippen LogP contribution < -0.4 is 11.1 Å². The van der Waals surface area contributed by atoms with Gasteiger partial charge in [-0.25, -0.2) is 9.59 Å². The van der Waals surface area contributed by atoms with Gasteiger partial charge in [-0.15, -0.1) is 0 Å². The summed E-state index contributed by atoms with van der Waals surface area (Å²) in [5, 5.41) is 41.1. The summed E-state index contributed by atoms with van der Waals surface area (Å²) in [6.07, 6.45) is -6.42. The van der Waals surface area contributed by atoms with Gasteiger partial charge in [0.25, 0.3) is 0 Å². The zero-order valence-electron chi connectivity index (χ0n) is 19.4. The molecule has 2 amide bonds. The lowest BCUT2D eigenvalue weighted by molar-refractivity contribution is -0.245. The third-order valence-corrected chi connectivity index (χ3v) is 5.84. The number of nitrogens with zero attached hydrogens (tertiary/aromatic N) is 1. The van der Waals surface area contributed by atoms with Crippen LogP contribution in [0.3, 0.4) is 0 Å². The van der Waals surface area contributed by atoms with E-state index in [1.165, 1.54) is 13.8 Å². The first-order chi connectivity index (χ1) is 15.3. The number of nitrogens with one attached hydrogen (secondary N) is 1. The number of rotatable bonds is 11. The van der Waals surface area contributed by atoms with E-state index in [1.807, 2.05) is 0 Å². The summed E-state index contributed by atoms with van der Waals surface area (Å²) in [5.74, 6) is -4.38. The quantitative estimate of drug-likeness (QED) is 0.194. The van der Waals surface area contributed by atoms with Crippen molar-refractivity contribution in [1.29, 1.82) is 0 Å². The molecular weight excluding hydrogens is 442 g/mol. The average Bonchev–Trinajstić information content (AvgIpc) is 2.74. The van der Waals surface area contributed by atoms with Crippen LogP contribution >= 0.6 is 0 Å². The highest BCUT2D eigenvalue weighted by atomic mass is 16.6. The van der Waals surface area contributed by atoms with Crippen LogP contribution in [-0.4, -0.2) is 104 Å². The first-order valence-electron chi connectivity index (χ1n) is 10.7.